The van der Waals surface area contributed by atoms with Gasteiger partial charge in [-0.15, -0.1) is 13.2 Å². The number of benzene rings is 2. The molecule has 1 N–H and O–H groups in total. The fourth-order valence-corrected chi connectivity index (χ4v) is 8.27. The lowest BCUT2D eigenvalue weighted by atomic mass is 9.70. The van der Waals surface area contributed by atoms with Crippen molar-refractivity contribution < 1.29 is 24.2 Å². The molecule has 3 saturated heterocycles. The average Bonchev–Trinajstić information content (AvgIpc) is 3.56. The number of carbonyl (C=O) groups excluding carboxylic acids is 3. The Morgan fingerprint density at radius 1 is 1.14 bits per heavy atom. The highest BCUT2D eigenvalue weighted by atomic mass is 79.9. The number of hydrogen-bond donors (Lipinski definition) is 1. The molecule has 8 nitrogen and oxygen atoms in total. The average molecular weight is 639 g/mol. The minimum Gasteiger partial charge on any atom is -0.394 e. The highest BCUT2D eigenvalue weighted by molar-refractivity contribution is 9.09. The van der Waals surface area contributed by atoms with Crippen molar-refractivity contribution in [2.45, 2.75) is 55.3 Å². The lowest BCUT2D eigenvalue weighted by Gasteiger charge is -2.40. The van der Waals surface area contributed by atoms with Crippen molar-refractivity contribution in [3.8, 4) is 0 Å². The van der Waals surface area contributed by atoms with Crippen LogP contribution >= 0.6 is 15.9 Å². The zero-order valence-corrected chi connectivity index (χ0v) is 26.1. The molecule has 5 rings (SSSR count). The van der Waals surface area contributed by atoms with Gasteiger partial charge in [-0.25, -0.2) is 0 Å². The predicted octanol–water partition coefficient (Wildman–Crippen LogP) is 4.16. The third-order valence-corrected chi connectivity index (χ3v) is 9.84. The number of anilines is 1. The van der Waals surface area contributed by atoms with Gasteiger partial charge in [-0.2, -0.15) is 0 Å². The van der Waals surface area contributed by atoms with E-state index in [-0.39, 0.29) is 41.6 Å². The van der Waals surface area contributed by atoms with Crippen LogP contribution in [0.4, 0.5) is 5.69 Å². The minimum absolute atomic E-state index is 0.158. The molecule has 3 heterocycles. The molecule has 7 atom stereocenters. The van der Waals surface area contributed by atoms with Crippen LogP contribution in [0.15, 0.2) is 67.8 Å². The zero-order chi connectivity index (χ0) is 30.3. The lowest BCUT2D eigenvalue weighted by molar-refractivity contribution is -0.147. The fraction of sp³-hybridized carbons (Fsp3) is 0.485. The van der Waals surface area contributed by atoms with Gasteiger partial charge in [-0.1, -0.05) is 72.3 Å². The number of likely N-dealkylation sites (N-methyl/N-ethyl adjacent to an activating group) is 1. The SMILES string of the molecule is C=CCN(C)C(=O)[C@H]1[C@@H]2OC3(CC2Br)C(C(=O)N(CC=C)c2ccc4ccccc4c2)N([C@@H](CO)CC(C)C)C(=O)[C@H]13. The van der Waals surface area contributed by atoms with Gasteiger partial charge in [0.1, 0.15) is 11.6 Å². The van der Waals surface area contributed by atoms with Crippen molar-refractivity contribution in [2.75, 3.05) is 31.6 Å². The number of hydrogen-bond acceptors (Lipinski definition) is 5. The van der Waals surface area contributed by atoms with E-state index in [1.807, 2.05) is 56.3 Å². The summed E-state index contributed by atoms with van der Waals surface area (Å²) in [4.78, 5) is 47.7. The van der Waals surface area contributed by atoms with Crippen molar-refractivity contribution in [1.29, 1.82) is 0 Å². The Bertz CT molecular complexity index is 1400. The standard InChI is InChI=1S/C33H40BrN3O5/c1-6-14-35(5)30(39)26-27-31(40)37(24(19-38)16-20(3)4)29(33(27)18-25(34)28(26)42-33)32(41)36(15-7-2)23-13-12-21-10-8-9-11-22(21)17-23/h6-13,17,20,24-29,38H,1-2,14-16,18-19H2,3-5H3/t24-,25?,26-,27+,28-,29?,33?/m1/s1. The van der Waals surface area contributed by atoms with Crippen LogP contribution in [0.2, 0.25) is 0 Å². The first kappa shape index (κ1) is 30.4. The van der Waals surface area contributed by atoms with Gasteiger partial charge in [0.15, 0.2) is 0 Å². The molecule has 2 bridgehead atoms. The summed E-state index contributed by atoms with van der Waals surface area (Å²) in [6.07, 6.45) is 3.65. The maximum atomic E-state index is 14.9. The van der Waals surface area contributed by atoms with Crippen LogP contribution < -0.4 is 4.90 Å². The van der Waals surface area contributed by atoms with Gasteiger partial charge >= 0.3 is 0 Å². The van der Waals surface area contributed by atoms with E-state index in [4.69, 9.17) is 4.74 Å². The van der Waals surface area contributed by atoms with Gasteiger partial charge in [0, 0.05) is 30.7 Å². The topological polar surface area (TPSA) is 90.4 Å². The Balaban J connectivity index is 1.63. The Morgan fingerprint density at radius 2 is 1.83 bits per heavy atom. The Labute approximate surface area is 256 Å². The van der Waals surface area contributed by atoms with Crippen molar-refractivity contribution in [3.63, 3.8) is 0 Å². The molecule has 0 aliphatic carbocycles. The molecule has 3 amide bonds. The second kappa shape index (κ2) is 11.9. The number of amides is 3. The van der Waals surface area contributed by atoms with Crippen LogP contribution in [0.5, 0.6) is 0 Å². The van der Waals surface area contributed by atoms with E-state index in [9.17, 15) is 19.5 Å². The quantitative estimate of drug-likeness (QED) is 0.295. The molecule has 2 aromatic carbocycles. The molecule has 3 fully saturated rings. The van der Waals surface area contributed by atoms with E-state index in [0.717, 1.165) is 10.8 Å². The molecule has 0 radical (unpaired) electrons. The summed E-state index contributed by atoms with van der Waals surface area (Å²) >= 11 is 3.74. The first-order valence-electron chi connectivity index (χ1n) is 14.6. The number of halogens is 1. The Morgan fingerprint density at radius 3 is 2.48 bits per heavy atom. The van der Waals surface area contributed by atoms with Gasteiger partial charge in [-0.3, -0.25) is 14.4 Å². The Kier molecular flexibility index (Phi) is 8.65. The number of fused-ring (bicyclic) bond motifs is 2. The number of ether oxygens (including phenoxy) is 1. The van der Waals surface area contributed by atoms with Gasteiger partial charge in [0.05, 0.1) is 30.6 Å². The first-order chi connectivity index (χ1) is 20.1. The Hall–Kier alpha value is -3.01. The second-order valence-corrected chi connectivity index (χ2v) is 13.3. The molecule has 0 saturated carbocycles. The molecule has 224 valence electrons. The smallest absolute Gasteiger partial charge is 0.253 e. The summed E-state index contributed by atoms with van der Waals surface area (Å²) in [5.41, 5.74) is -0.542. The predicted molar refractivity (Wildman–Crippen MR) is 167 cm³/mol. The largest absolute Gasteiger partial charge is 0.394 e. The molecular weight excluding hydrogens is 598 g/mol. The summed E-state index contributed by atoms with van der Waals surface area (Å²) in [7, 11) is 1.69. The maximum Gasteiger partial charge on any atom is 0.253 e. The molecule has 0 aromatic heterocycles. The number of aliphatic hydroxyl groups is 1. The minimum atomic E-state index is -1.22. The monoisotopic (exact) mass is 637 g/mol. The second-order valence-electron chi connectivity index (χ2n) is 12.2. The van der Waals surface area contributed by atoms with E-state index >= 15 is 0 Å². The summed E-state index contributed by atoms with van der Waals surface area (Å²) in [6.45, 7) is 11.9. The molecular formula is C33H40BrN3O5. The van der Waals surface area contributed by atoms with Crippen LogP contribution in [0.1, 0.15) is 26.7 Å². The highest BCUT2D eigenvalue weighted by Gasteiger charge is 2.77. The van der Waals surface area contributed by atoms with Crippen LogP contribution in [-0.2, 0) is 19.1 Å². The van der Waals surface area contributed by atoms with Crippen molar-refractivity contribution in [1.82, 2.24) is 9.80 Å². The number of alkyl halides is 1. The van der Waals surface area contributed by atoms with Gasteiger partial charge < -0.3 is 24.5 Å². The normalized spacial score (nSPS) is 28.7. The number of carbonyl (C=O) groups is 3. The van der Waals surface area contributed by atoms with Crippen LogP contribution in [0, 0.1) is 17.8 Å². The molecule has 3 aliphatic rings. The molecule has 42 heavy (non-hydrogen) atoms. The third-order valence-electron chi connectivity index (χ3n) is 9.00. The fourth-order valence-electron chi connectivity index (χ4n) is 7.32. The number of nitrogens with zero attached hydrogens (tertiary/aromatic N) is 3. The molecule has 3 aliphatic heterocycles. The number of rotatable bonds is 11. The third kappa shape index (κ3) is 4.89. The van der Waals surface area contributed by atoms with Crippen LogP contribution in [0.25, 0.3) is 10.8 Å². The molecule has 2 aromatic rings. The van der Waals surface area contributed by atoms with Gasteiger partial charge in [0.2, 0.25) is 11.8 Å². The zero-order valence-electron chi connectivity index (χ0n) is 24.5. The van der Waals surface area contributed by atoms with Crippen LogP contribution in [0.3, 0.4) is 0 Å². The molecule has 1 spiro atoms. The summed E-state index contributed by atoms with van der Waals surface area (Å²) in [6, 6.07) is 12.1. The lowest BCUT2D eigenvalue weighted by Crippen LogP contribution is -2.59. The summed E-state index contributed by atoms with van der Waals surface area (Å²) < 4.78 is 6.69. The summed E-state index contributed by atoms with van der Waals surface area (Å²) in [5.74, 6) is -2.26. The van der Waals surface area contributed by atoms with E-state index < -0.39 is 35.6 Å². The number of aliphatic hydroxyl groups excluding tert-OH is 1. The van der Waals surface area contributed by atoms with Gasteiger partial charge in [0.25, 0.3) is 5.91 Å². The first-order valence-corrected chi connectivity index (χ1v) is 15.5. The molecule has 3 unspecified atom stereocenters. The maximum absolute atomic E-state index is 14.9. The van der Waals surface area contributed by atoms with Crippen molar-refractivity contribution >= 4 is 50.1 Å². The van der Waals surface area contributed by atoms with Crippen LogP contribution in [-0.4, -0.2) is 88.0 Å². The van der Waals surface area contributed by atoms with Gasteiger partial charge in [-0.05, 0) is 41.7 Å². The van der Waals surface area contributed by atoms with Crippen molar-refractivity contribution in [3.05, 3.63) is 67.8 Å². The molecule has 9 heteroatoms. The van der Waals surface area contributed by atoms with E-state index in [0.29, 0.717) is 25.1 Å². The number of likely N-dealkylation sites (tertiary alicyclic amines) is 1. The van der Waals surface area contributed by atoms with E-state index in [1.54, 1.807) is 33.9 Å². The highest BCUT2D eigenvalue weighted by Crippen LogP contribution is 2.61. The summed E-state index contributed by atoms with van der Waals surface area (Å²) in [5, 5.41) is 12.6. The van der Waals surface area contributed by atoms with E-state index in [2.05, 4.69) is 29.1 Å². The van der Waals surface area contributed by atoms with Crippen molar-refractivity contribution in [2.24, 2.45) is 17.8 Å². The van der Waals surface area contributed by atoms with E-state index in [1.165, 1.54) is 0 Å².